The highest BCUT2D eigenvalue weighted by Gasteiger charge is 2.15. The highest BCUT2D eigenvalue weighted by molar-refractivity contribution is 5.70. The Morgan fingerprint density at radius 1 is 1.10 bits per heavy atom. The second kappa shape index (κ2) is 5.34. The van der Waals surface area contributed by atoms with Crippen molar-refractivity contribution in [1.29, 1.82) is 0 Å². The number of rotatable bonds is 3. The van der Waals surface area contributed by atoms with Gasteiger partial charge in [0.15, 0.2) is 0 Å². The average Bonchev–Trinajstić information content (AvgIpc) is 2.81. The van der Waals surface area contributed by atoms with Crippen LogP contribution in [0.25, 0.3) is 16.9 Å². The van der Waals surface area contributed by atoms with Gasteiger partial charge in [0.25, 0.3) is 0 Å². The van der Waals surface area contributed by atoms with Crippen LogP contribution in [0.15, 0.2) is 36.5 Å². The van der Waals surface area contributed by atoms with Gasteiger partial charge in [-0.2, -0.15) is 0 Å². The van der Waals surface area contributed by atoms with Crippen molar-refractivity contribution in [1.82, 2.24) is 9.38 Å². The molecule has 0 saturated carbocycles. The van der Waals surface area contributed by atoms with Crippen LogP contribution in [0, 0.1) is 20.8 Å². The van der Waals surface area contributed by atoms with Crippen LogP contribution in [0.5, 0.6) is 0 Å². The molecule has 2 aromatic heterocycles. The van der Waals surface area contributed by atoms with Crippen molar-refractivity contribution < 1.29 is 0 Å². The van der Waals surface area contributed by atoms with Crippen LogP contribution in [0.2, 0.25) is 0 Å². The zero-order chi connectivity index (χ0) is 15.0. The summed E-state index contributed by atoms with van der Waals surface area (Å²) in [6.45, 7) is 7.02. The normalized spacial score (nSPS) is 11.2. The molecular weight excluding hydrogens is 258 g/mol. The van der Waals surface area contributed by atoms with Crippen molar-refractivity contribution in [3.05, 3.63) is 58.9 Å². The van der Waals surface area contributed by atoms with E-state index in [1.807, 2.05) is 0 Å². The van der Waals surface area contributed by atoms with Crippen LogP contribution in [0.1, 0.15) is 22.4 Å². The third-order valence-electron chi connectivity index (χ3n) is 4.11. The lowest BCUT2D eigenvalue weighted by Gasteiger charge is -2.09. The maximum atomic E-state index is 5.82. The summed E-state index contributed by atoms with van der Waals surface area (Å²) in [4.78, 5) is 4.85. The lowest BCUT2D eigenvalue weighted by molar-refractivity contribution is 0.904. The number of imidazole rings is 1. The molecule has 0 aliphatic heterocycles. The van der Waals surface area contributed by atoms with Gasteiger partial charge in [-0.05, 0) is 50.1 Å². The first-order valence-corrected chi connectivity index (χ1v) is 7.36. The lowest BCUT2D eigenvalue weighted by Crippen LogP contribution is -2.06. The van der Waals surface area contributed by atoms with Crippen molar-refractivity contribution in [3.8, 4) is 11.3 Å². The first-order valence-electron chi connectivity index (χ1n) is 7.36. The largest absolute Gasteiger partial charge is 0.330 e. The average molecular weight is 279 g/mol. The summed E-state index contributed by atoms with van der Waals surface area (Å²) < 4.78 is 2.18. The fourth-order valence-corrected chi connectivity index (χ4v) is 2.80. The summed E-state index contributed by atoms with van der Waals surface area (Å²) in [5.74, 6) is 0. The fourth-order valence-electron chi connectivity index (χ4n) is 2.80. The SMILES string of the molecule is Cc1ccc2nc(-c3cccc(C)c3C)c(CCN)n2c1. The van der Waals surface area contributed by atoms with Crippen molar-refractivity contribution in [2.24, 2.45) is 5.73 Å². The van der Waals surface area contributed by atoms with Gasteiger partial charge in [0, 0.05) is 18.2 Å². The molecule has 0 unspecified atom stereocenters. The molecule has 0 saturated heterocycles. The van der Waals surface area contributed by atoms with Crippen LogP contribution in [0.4, 0.5) is 0 Å². The predicted molar refractivity (Wildman–Crippen MR) is 87.6 cm³/mol. The number of aromatic nitrogens is 2. The van der Waals surface area contributed by atoms with Crippen LogP contribution in [-0.2, 0) is 6.42 Å². The molecule has 3 nitrogen and oxygen atoms in total. The molecule has 3 heteroatoms. The van der Waals surface area contributed by atoms with Gasteiger partial charge in [-0.15, -0.1) is 0 Å². The molecule has 0 fully saturated rings. The third-order valence-corrected chi connectivity index (χ3v) is 4.11. The zero-order valence-electron chi connectivity index (χ0n) is 12.9. The second-order valence-electron chi connectivity index (χ2n) is 5.63. The van der Waals surface area contributed by atoms with Gasteiger partial charge in [0.1, 0.15) is 5.65 Å². The maximum Gasteiger partial charge on any atom is 0.137 e. The Morgan fingerprint density at radius 3 is 2.67 bits per heavy atom. The van der Waals surface area contributed by atoms with Crippen molar-refractivity contribution >= 4 is 5.65 Å². The topological polar surface area (TPSA) is 43.3 Å². The van der Waals surface area contributed by atoms with Crippen LogP contribution in [0.3, 0.4) is 0 Å². The Morgan fingerprint density at radius 2 is 1.90 bits per heavy atom. The van der Waals surface area contributed by atoms with Crippen molar-refractivity contribution in [2.45, 2.75) is 27.2 Å². The highest BCUT2D eigenvalue weighted by atomic mass is 15.0. The van der Waals surface area contributed by atoms with Gasteiger partial charge in [-0.3, -0.25) is 0 Å². The number of pyridine rings is 1. The fraction of sp³-hybridized carbons (Fsp3) is 0.278. The van der Waals surface area contributed by atoms with Crippen LogP contribution >= 0.6 is 0 Å². The Labute approximate surface area is 125 Å². The molecule has 1 aromatic carbocycles. The molecule has 2 heterocycles. The van der Waals surface area contributed by atoms with Gasteiger partial charge in [0.2, 0.25) is 0 Å². The molecule has 0 aliphatic carbocycles. The predicted octanol–water partition coefficient (Wildman–Crippen LogP) is 3.43. The number of nitrogens with two attached hydrogens (primary N) is 1. The minimum absolute atomic E-state index is 0.625. The van der Waals surface area contributed by atoms with E-state index < -0.39 is 0 Å². The van der Waals surface area contributed by atoms with E-state index in [1.165, 1.54) is 27.9 Å². The molecule has 0 amide bonds. The van der Waals surface area contributed by atoms with Crippen molar-refractivity contribution in [3.63, 3.8) is 0 Å². The molecule has 0 spiro atoms. The van der Waals surface area contributed by atoms with Gasteiger partial charge < -0.3 is 10.1 Å². The first kappa shape index (κ1) is 13.8. The zero-order valence-corrected chi connectivity index (χ0v) is 12.9. The Bertz CT molecular complexity index is 800. The summed E-state index contributed by atoms with van der Waals surface area (Å²) >= 11 is 0. The summed E-state index contributed by atoms with van der Waals surface area (Å²) in [6.07, 6.45) is 2.97. The van der Waals surface area contributed by atoms with Gasteiger partial charge in [-0.1, -0.05) is 24.3 Å². The van der Waals surface area contributed by atoms with Crippen LogP contribution < -0.4 is 5.73 Å². The third kappa shape index (κ3) is 2.34. The molecule has 2 N–H and O–H groups in total. The smallest absolute Gasteiger partial charge is 0.137 e. The van der Waals surface area contributed by atoms with Gasteiger partial charge in [0.05, 0.1) is 11.4 Å². The molecule has 3 aromatic rings. The number of nitrogens with zero attached hydrogens (tertiary/aromatic N) is 2. The number of aryl methyl sites for hydroxylation is 2. The summed E-state index contributed by atoms with van der Waals surface area (Å²) in [6, 6.07) is 10.6. The van der Waals surface area contributed by atoms with E-state index in [1.54, 1.807) is 0 Å². The van der Waals surface area contributed by atoms with Crippen LogP contribution in [-0.4, -0.2) is 15.9 Å². The maximum absolute atomic E-state index is 5.82. The first-order chi connectivity index (χ1) is 10.1. The van der Waals surface area contributed by atoms with E-state index in [4.69, 9.17) is 10.7 Å². The van der Waals surface area contributed by atoms with E-state index in [0.29, 0.717) is 6.54 Å². The number of hydrogen-bond acceptors (Lipinski definition) is 2. The number of benzene rings is 1. The standard InChI is InChI=1S/C18H21N3/c1-12-7-8-17-20-18(16(9-10-19)21(17)11-12)15-6-4-5-13(2)14(15)3/h4-8,11H,9-10,19H2,1-3H3. The Balaban J connectivity index is 2.31. The Hall–Kier alpha value is -2.13. The number of hydrogen-bond donors (Lipinski definition) is 1. The Kier molecular flexibility index (Phi) is 3.52. The van der Waals surface area contributed by atoms with E-state index in [-0.39, 0.29) is 0 Å². The summed E-state index contributed by atoms with van der Waals surface area (Å²) in [5.41, 5.74) is 14.1. The minimum atomic E-state index is 0.625. The molecule has 3 rings (SSSR count). The minimum Gasteiger partial charge on any atom is -0.330 e. The summed E-state index contributed by atoms with van der Waals surface area (Å²) in [7, 11) is 0. The molecular formula is C18H21N3. The van der Waals surface area contributed by atoms with Gasteiger partial charge >= 0.3 is 0 Å². The van der Waals surface area contributed by atoms with Crippen molar-refractivity contribution in [2.75, 3.05) is 6.54 Å². The van der Waals surface area contributed by atoms with Gasteiger partial charge in [-0.25, -0.2) is 4.98 Å². The van der Waals surface area contributed by atoms with E-state index in [9.17, 15) is 0 Å². The molecule has 108 valence electrons. The molecule has 0 aliphatic rings. The molecule has 0 bridgehead atoms. The molecule has 21 heavy (non-hydrogen) atoms. The summed E-state index contributed by atoms with van der Waals surface area (Å²) in [5, 5.41) is 0. The lowest BCUT2D eigenvalue weighted by atomic mass is 9.99. The molecule has 0 atom stereocenters. The highest BCUT2D eigenvalue weighted by Crippen LogP contribution is 2.29. The number of fused-ring (bicyclic) bond motifs is 1. The monoisotopic (exact) mass is 279 g/mol. The molecule has 0 radical (unpaired) electrons. The second-order valence-corrected chi connectivity index (χ2v) is 5.63. The van der Waals surface area contributed by atoms with E-state index in [2.05, 4.69) is 61.7 Å². The quantitative estimate of drug-likeness (QED) is 0.798. The van der Waals surface area contributed by atoms with E-state index >= 15 is 0 Å². The van der Waals surface area contributed by atoms with E-state index in [0.717, 1.165) is 17.8 Å².